The van der Waals surface area contributed by atoms with Crippen molar-refractivity contribution in [3.63, 3.8) is 0 Å². The summed E-state index contributed by atoms with van der Waals surface area (Å²) in [5.41, 5.74) is 2.14. The Kier molecular flexibility index (Phi) is 2.69. The maximum atomic E-state index is 8.74. The minimum absolute atomic E-state index is 0.516. The van der Waals surface area contributed by atoms with Crippen LogP contribution in [0.25, 0.3) is 0 Å². The van der Waals surface area contributed by atoms with Gasteiger partial charge in [-0.2, -0.15) is 10.5 Å². The standard InChI is InChI=1S/C11H6N2/c1-9-4-5-10(3-2-6-12)11(7-9)8-13/h4-5,7H,1H3. The molecule has 0 N–H and O–H groups in total. The number of nitrogens with zero attached hydrogens (tertiary/aromatic N) is 2. The van der Waals surface area contributed by atoms with Crippen LogP contribution in [0.4, 0.5) is 0 Å². The molecule has 1 rings (SSSR count). The molecule has 0 saturated carbocycles. The van der Waals surface area contributed by atoms with Gasteiger partial charge in [-0.15, -0.1) is 0 Å². The zero-order chi connectivity index (χ0) is 9.68. The highest BCUT2D eigenvalue weighted by Crippen LogP contribution is 2.08. The summed E-state index contributed by atoms with van der Waals surface area (Å²) in [6.07, 6.45) is 0. The molecular formula is C11H6N2. The number of nitriles is 2. The molecule has 1 aromatic rings. The minimum atomic E-state index is 0.516. The van der Waals surface area contributed by atoms with E-state index in [1.54, 1.807) is 18.2 Å². The molecule has 0 aliphatic rings. The average Bonchev–Trinajstić information content (AvgIpc) is 2.16. The van der Waals surface area contributed by atoms with Gasteiger partial charge in [0.25, 0.3) is 0 Å². The van der Waals surface area contributed by atoms with Gasteiger partial charge >= 0.3 is 0 Å². The molecule has 0 radical (unpaired) electrons. The smallest absolute Gasteiger partial charge is 0.152 e. The highest BCUT2D eigenvalue weighted by atomic mass is 14.2. The maximum Gasteiger partial charge on any atom is 0.152 e. The van der Waals surface area contributed by atoms with Crippen LogP contribution in [0.5, 0.6) is 0 Å². The molecule has 2 heteroatoms. The summed E-state index contributed by atoms with van der Waals surface area (Å²) in [6, 6.07) is 9.11. The van der Waals surface area contributed by atoms with Crippen LogP contribution < -0.4 is 0 Å². The van der Waals surface area contributed by atoms with E-state index < -0.39 is 0 Å². The molecular weight excluding hydrogens is 160 g/mol. The Hall–Kier alpha value is -2.24. The second-order valence-electron chi connectivity index (χ2n) is 2.52. The first kappa shape index (κ1) is 8.85. The average molecular weight is 166 g/mol. The lowest BCUT2D eigenvalue weighted by molar-refractivity contribution is 1.40. The van der Waals surface area contributed by atoms with Crippen molar-refractivity contribution in [1.29, 1.82) is 10.5 Å². The second kappa shape index (κ2) is 3.96. The summed E-state index contributed by atoms with van der Waals surface area (Å²) in [7, 11) is 0. The van der Waals surface area contributed by atoms with Crippen molar-refractivity contribution in [2.45, 2.75) is 6.92 Å². The fraction of sp³-hybridized carbons (Fsp3) is 0.0909. The molecule has 0 fully saturated rings. The number of rotatable bonds is 0. The van der Waals surface area contributed by atoms with Crippen LogP contribution in [0, 0.1) is 41.4 Å². The predicted molar refractivity (Wildman–Crippen MR) is 48.4 cm³/mol. The van der Waals surface area contributed by atoms with Gasteiger partial charge in [0.05, 0.1) is 5.56 Å². The normalized spacial score (nSPS) is 7.62. The van der Waals surface area contributed by atoms with E-state index in [0.29, 0.717) is 11.1 Å². The number of benzene rings is 1. The van der Waals surface area contributed by atoms with Crippen LogP contribution in [0.2, 0.25) is 0 Å². The Morgan fingerprint density at radius 2 is 1.92 bits per heavy atom. The van der Waals surface area contributed by atoms with Gasteiger partial charge in [-0.1, -0.05) is 6.07 Å². The Balaban J connectivity index is 3.25. The van der Waals surface area contributed by atoms with E-state index >= 15 is 0 Å². The largest absolute Gasteiger partial charge is 0.192 e. The Labute approximate surface area is 77.0 Å². The van der Waals surface area contributed by atoms with Crippen molar-refractivity contribution in [3.05, 3.63) is 34.9 Å². The van der Waals surface area contributed by atoms with E-state index in [1.165, 1.54) is 0 Å². The molecule has 0 heterocycles. The molecule has 0 bridgehead atoms. The Bertz CT molecular complexity index is 462. The van der Waals surface area contributed by atoms with Gasteiger partial charge in [-0.25, -0.2) is 0 Å². The quantitative estimate of drug-likeness (QED) is 0.551. The molecule has 0 spiro atoms. The zero-order valence-corrected chi connectivity index (χ0v) is 7.13. The summed E-state index contributed by atoms with van der Waals surface area (Å²) < 4.78 is 0. The summed E-state index contributed by atoms with van der Waals surface area (Å²) >= 11 is 0. The molecule has 60 valence electrons. The number of hydrogen-bond donors (Lipinski definition) is 0. The third-order valence-corrected chi connectivity index (χ3v) is 1.55. The molecule has 2 nitrogen and oxygen atoms in total. The zero-order valence-electron chi connectivity index (χ0n) is 7.13. The lowest BCUT2D eigenvalue weighted by atomic mass is 10.1. The topological polar surface area (TPSA) is 47.6 Å². The first-order valence-corrected chi connectivity index (χ1v) is 3.69. The molecule has 0 aliphatic carbocycles. The van der Waals surface area contributed by atoms with Crippen molar-refractivity contribution in [3.8, 4) is 24.0 Å². The van der Waals surface area contributed by atoms with Gasteiger partial charge in [0, 0.05) is 11.5 Å². The second-order valence-corrected chi connectivity index (χ2v) is 2.52. The van der Waals surface area contributed by atoms with Crippen LogP contribution in [-0.4, -0.2) is 0 Å². The lowest BCUT2D eigenvalue weighted by Crippen LogP contribution is -1.84. The molecule has 0 amide bonds. The molecule has 0 aromatic heterocycles. The third kappa shape index (κ3) is 2.09. The molecule has 13 heavy (non-hydrogen) atoms. The van der Waals surface area contributed by atoms with E-state index in [-0.39, 0.29) is 0 Å². The summed E-state index contributed by atoms with van der Waals surface area (Å²) in [6.45, 7) is 1.91. The predicted octanol–water partition coefficient (Wildman–Crippen LogP) is 1.74. The van der Waals surface area contributed by atoms with Gasteiger partial charge in [-0.05, 0) is 30.5 Å². The van der Waals surface area contributed by atoms with Gasteiger partial charge in [0.15, 0.2) is 6.07 Å². The maximum absolute atomic E-state index is 8.74. The van der Waals surface area contributed by atoms with E-state index in [1.807, 2.05) is 19.1 Å². The van der Waals surface area contributed by atoms with Crippen molar-refractivity contribution in [2.75, 3.05) is 0 Å². The Morgan fingerprint density at radius 1 is 1.15 bits per heavy atom. The van der Waals surface area contributed by atoms with Crippen LogP contribution in [0.15, 0.2) is 18.2 Å². The molecule has 0 saturated heterocycles. The van der Waals surface area contributed by atoms with Crippen LogP contribution >= 0.6 is 0 Å². The van der Waals surface area contributed by atoms with Gasteiger partial charge < -0.3 is 0 Å². The first-order chi connectivity index (χ1) is 6.27. The number of hydrogen-bond acceptors (Lipinski definition) is 2. The highest BCUT2D eigenvalue weighted by Gasteiger charge is 1.97. The van der Waals surface area contributed by atoms with Crippen LogP contribution in [-0.2, 0) is 0 Å². The molecule has 0 unspecified atom stereocenters. The fourth-order valence-electron chi connectivity index (χ4n) is 0.955. The Morgan fingerprint density at radius 3 is 2.54 bits per heavy atom. The van der Waals surface area contributed by atoms with E-state index in [9.17, 15) is 0 Å². The first-order valence-electron chi connectivity index (χ1n) is 3.69. The van der Waals surface area contributed by atoms with Gasteiger partial charge in [-0.3, -0.25) is 0 Å². The van der Waals surface area contributed by atoms with E-state index in [4.69, 9.17) is 10.5 Å². The van der Waals surface area contributed by atoms with E-state index in [0.717, 1.165) is 5.56 Å². The SMILES string of the molecule is Cc1ccc(C#CC#N)c(C#N)c1. The van der Waals surface area contributed by atoms with Gasteiger partial charge in [0.2, 0.25) is 0 Å². The van der Waals surface area contributed by atoms with Crippen LogP contribution in [0.1, 0.15) is 16.7 Å². The van der Waals surface area contributed by atoms with E-state index in [2.05, 4.69) is 11.8 Å². The number of aryl methyl sites for hydroxylation is 1. The molecule has 0 aliphatic heterocycles. The van der Waals surface area contributed by atoms with Crippen molar-refractivity contribution >= 4 is 0 Å². The third-order valence-electron chi connectivity index (χ3n) is 1.55. The molecule has 0 atom stereocenters. The highest BCUT2D eigenvalue weighted by molar-refractivity contribution is 5.50. The van der Waals surface area contributed by atoms with Crippen molar-refractivity contribution < 1.29 is 0 Å². The summed E-state index contributed by atoms with van der Waals surface area (Å²) in [5.74, 6) is 4.87. The van der Waals surface area contributed by atoms with Crippen molar-refractivity contribution in [2.24, 2.45) is 0 Å². The monoisotopic (exact) mass is 166 g/mol. The lowest BCUT2D eigenvalue weighted by Gasteiger charge is -1.95. The summed E-state index contributed by atoms with van der Waals surface area (Å²) in [4.78, 5) is 0. The molecule has 1 aromatic carbocycles. The summed E-state index contributed by atoms with van der Waals surface area (Å²) in [5, 5.41) is 17.0. The van der Waals surface area contributed by atoms with Crippen LogP contribution in [0.3, 0.4) is 0 Å². The fourth-order valence-corrected chi connectivity index (χ4v) is 0.955. The minimum Gasteiger partial charge on any atom is -0.192 e. The van der Waals surface area contributed by atoms with Gasteiger partial charge in [0.1, 0.15) is 6.07 Å². The van der Waals surface area contributed by atoms with Crippen molar-refractivity contribution in [1.82, 2.24) is 0 Å².